The van der Waals surface area contributed by atoms with Gasteiger partial charge >= 0.3 is 0 Å². The molecule has 0 radical (unpaired) electrons. The van der Waals surface area contributed by atoms with Crippen LogP contribution in [0.4, 0.5) is 5.82 Å². The summed E-state index contributed by atoms with van der Waals surface area (Å²) < 4.78 is 1.65. The average molecular weight is 453 g/mol. The Balaban J connectivity index is 1.51. The Morgan fingerprint density at radius 2 is 1.78 bits per heavy atom. The topological polar surface area (TPSA) is 67.2 Å². The van der Waals surface area contributed by atoms with E-state index in [1.54, 1.807) is 24.0 Å². The second-order valence-electron chi connectivity index (χ2n) is 8.67. The van der Waals surface area contributed by atoms with E-state index in [1.165, 1.54) is 0 Å². The summed E-state index contributed by atoms with van der Waals surface area (Å²) in [6, 6.07) is 6.20. The molecule has 4 rings (SSSR count). The summed E-state index contributed by atoms with van der Waals surface area (Å²) in [5.74, 6) is 2.06. The monoisotopic (exact) mass is 452 g/mol. The molecular weight excluding hydrogens is 424 g/mol. The van der Waals surface area contributed by atoms with Crippen LogP contribution in [-0.4, -0.2) is 50.6 Å². The van der Waals surface area contributed by atoms with Gasteiger partial charge in [-0.05, 0) is 31.0 Å². The molecule has 7 nitrogen and oxygen atoms in total. The van der Waals surface area contributed by atoms with Crippen LogP contribution in [0.5, 0.6) is 0 Å². The Bertz CT molecular complexity index is 1120. The Hall–Kier alpha value is -2.77. The van der Waals surface area contributed by atoms with Crippen molar-refractivity contribution >= 4 is 17.4 Å². The van der Waals surface area contributed by atoms with Gasteiger partial charge in [-0.1, -0.05) is 25.4 Å². The fourth-order valence-corrected chi connectivity index (χ4v) is 4.20. The first-order valence-electron chi connectivity index (χ1n) is 10.9. The van der Waals surface area contributed by atoms with Gasteiger partial charge in [0.1, 0.15) is 11.6 Å². The number of hydrogen-bond donors (Lipinski definition) is 0. The molecule has 1 aliphatic heterocycles. The lowest BCUT2D eigenvalue weighted by atomic mass is 9.97. The summed E-state index contributed by atoms with van der Waals surface area (Å²) in [7, 11) is 1.80. The molecule has 0 unspecified atom stereocenters. The van der Waals surface area contributed by atoms with Crippen molar-refractivity contribution in [1.29, 1.82) is 0 Å². The van der Waals surface area contributed by atoms with Crippen LogP contribution in [0.2, 0.25) is 5.02 Å². The smallest absolute Gasteiger partial charge is 0.253 e. The predicted octanol–water partition coefficient (Wildman–Crippen LogP) is 3.64. The average Bonchev–Trinajstić information content (AvgIpc) is 2.79. The number of rotatable bonds is 5. The SMILES string of the molecule is Cc1cc(-c2ccc(N3CCN(Cc4ncc(Cl)cn4)CC3)nc2C(C)C)cn(C)c1=O. The van der Waals surface area contributed by atoms with E-state index in [4.69, 9.17) is 16.6 Å². The van der Waals surface area contributed by atoms with Crippen LogP contribution >= 0.6 is 11.6 Å². The molecule has 0 spiro atoms. The minimum atomic E-state index is 0.0336. The zero-order valence-electron chi connectivity index (χ0n) is 19.0. The highest BCUT2D eigenvalue weighted by molar-refractivity contribution is 6.30. The highest BCUT2D eigenvalue weighted by Gasteiger charge is 2.21. The van der Waals surface area contributed by atoms with Crippen molar-refractivity contribution in [3.8, 4) is 11.1 Å². The zero-order valence-corrected chi connectivity index (χ0v) is 19.8. The summed E-state index contributed by atoms with van der Waals surface area (Å²) in [6.45, 7) is 10.5. The molecule has 0 atom stereocenters. The Labute approximate surface area is 193 Å². The molecule has 1 fully saturated rings. The molecule has 1 saturated heterocycles. The molecule has 32 heavy (non-hydrogen) atoms. The molecule has 0 aromatic carbocycles. The second-order valence-corrected chi connectivity index (χ2v) is 9.10. The number of pyridine rings is 2. The second kappa shape index (κ2) is 9.38. The normalized spacial score (nSPS) is 14.9. The molecular formula is C24H29ClN6O. The van der Waals surface area contributed by atoms with E-state index in [2.05, 4.69) is 45.7 Å². The first kappa shape index (κ1) is 22.4. The van der Waals surface area contributed by atoms with Gasteiger partial charge in [-0.25, -0.2) is 15.0 Å². The van der Waals surface area contributed by atoms with Gasteiger partial charge in [0.15, 0.2) is 0 Å². The minimum Gasteiger partial charge on any atom is -0.354 e. The van der Waals surface area contributed by atoms with E-state index in [0.29, 0.717) is 5.02 Å². The van der Waals surface area contributed by atoms with Gasteiger partial charge in [-0.15, -0.1) is 0 Å². The maximum Gasteiger partial charge on any atom is 0.253 e. The number of anilines is 1. The quantitative estimate of drug-likeness (QED) is 0.588. The van der Waals surface area contributed by atoms with Crippen LogP contribution in [0.25, 0.3) is 11.1 Å². The summed E-state index contributed by atoms with van der Waals surface area (Å²) in [4.78, 5) is 30.5. The minimum absolute atomic E-state index is 0.0336. The van der Waals surface area contributed by atoms with Crippen LogP contribution in [0.1, 0.15) is 36.8 Å². The molecule has 0 aliphatic carbocycles. The molecule has 0 amide bonds. The van der Waals surface area contributed by atoms with E-state index in [9.17, 15) is 4.79 Å². The van der Waals surface area contributed by atoms with Crippen LogP contribution in [0.3, 0.4) is 0 Å². The first-order valence-corrected chi connectivity index (χ1v) is 11.3. The third-order valence-corrected chi connectivity index (χ3v) is 6.06. The largest absolute Gasteiger partial charge is 0.354 e. The van der Waals surface area contributed by atoms with Gasteiger partial charge < -0.3 is 9.47 Å². The van der Waals surface area contributed by atoms with E-state index in [-0.39, 0.29) is 11.5 Å². The van der Waals surface area contributed by atoms with Gasteiger partial charge in [-0.3, -0.25) is 9.69 Å². The molecule has 1 aliphatic rings. The van der Waals surface area contributed by atoms with Crippen LogP contribution in [0.15, 0.2) is 41.6 Å². The van der Waals surface area contributed by atoms with Crippen LogP contribution in [0, 0.1) is 6.92 Å². The molecule has 0 bridgehead atoms. The maximum atomic E-state index is 12.1. The summed E-state index contributed by atoms with van der Waals surface area (Å²) in [5, 5.41) is 0.557. The lowest BCUT2D eigenvalue weighted by Crippen LogP contribution is -2.46. The number of aromatic nitrogens is 4. The third-order valence-electron chi connectivity index (χ3n) is 5.87. The van der Waals surface area contributed by atoms with Crippen LogP contribution < -0.4 is 10.5 Å². The van der Waals surface area contributed by atoms with Crippen molar-refractivity contribution in [3.05, 3.63) is 69.2 Å². The number of piperazine rings is 1. The third kappa shape index (κ3) is 4.84. The van der Waals surface area contributed by atoms with E-state index >= 15 is 0 Å². The van der Waals surface area contributed by atoms with Gasteiger partial charge in [-0.2, -0.15) is 0 Å². The van der Waals surface area contributed by atoms with Crippen LogP contribution in [-0.2, 0) is 13.6 Å². The highest BCUT2D eigenvalue weighted by atomic mass is 35.5. The zero-order chi connectivity index (χ0) is 22.8. The summed E-state index contributed by atoms with van der Waals surface area (Å²) >= 11 is 5.88. The van der Waals surface area contributed by atoms with Gasteiger partial charge in [0, 0.05) is 68.5 Å². The highest BCUT2D eigenvalue weighted by Crippen LogP contribution is 2.30. The molecule has 8 heteroatoms. The lowest BCUT2D eigenvalue weighted by molar-refractivity contribution is 0.243. The van der Waals surface area contributed by atoms with E-state index < -0.39 is 0 Å². The lowest BCUT2D eigenvalue weighted by Gasteiger charge is -2.35. The van der Waals surface area contributed by atoms with Gasteiger partial charge in [0.05, 0.1) is 17.3 Å². The molecule has 3 aromatic rings. The van der Waals surface area contributed by atoms with Crippen molar-refractivity contribution in [1.82, 2.24) is 24.4 Å². The maximum absolute atomic E-state index is 12.1. The van der Waals surface area contributed by atoms with Gasteiger partial charge in [0.25, 0.3) is 5.56 Å². The standard InChI is InChI=1S/C24H29ClN6O/c1-16(2)23-20(18-11-17(3)24(32)29(4)14-18)5-6-22(28-23)31-9-7-30(8-10-31)15-21-26-12-19(25)13-27-21/h5-6,11-14,16H,7-10,15H2,1-4H3. The summed E-state index contributed by atoms with van der Waals surface area (Å²) in [5.41, 5.74) is 3.94. The molecule has 0 N–H and O–H groups in total. The molecule has 168 valence electrons. The molecule has 0 saturated carbocycles. The Morgan fingerprint density at radius 1 is 1.09 bits per heavy atom. The summed E-state index contributed by atoms with van der Waals surface area (Å²) in [6.07, 6.45) is 5.19. The van der Waals surface area contributed by atoms with Gasteiger partial charge in [0.2, 0.25) is 0 Å². The fourth-order valence-electron chi connectivity index (χ4n) is 4.11. The number of hydrogen-bond acceptors (Lipinski definition) is 6. The Kier molecular flexibility index (Phi) is 6.58. The van der Waals surface area contributed by atoms with E-state index in [1.807, 2.05) is 19.2 Å². The Morgan fingerprint density at radius 3 is 2.41 bits per heavy atom. The van der Waals surface area contributed by atoms with Crippen molar-refractivity contribution in [2.24, 2.45) is 7.05 Å². The van der Waals surface area contributed by atoms with E-state index in [0.717, 1.165) is 66.8 Å². The number of aryl methyl sites for hydroxylation is 2. The van der Waals surface area contributed by atoms with Crippen molar-refractivity contribution < 1.29 is 0 Å². The molecule has 4 heterocycles. The first-order chi connectivity index (χ1) is 15.3. The van der Waals surface area contributed by atoms with Crippen molar-refractivity contribution in [2.75, 3.05) is 31.1 Å². The number of halogens is 1. The van der Waals surface area contributed by atoms with Crippen molar-refractivity contribution in [2.45, 2.75) is 33.2 Å². The number of nitrogens with zero attached hydrogens (tertiary/aromatic N) is 6. The van der Waals surface area contributed by atoms with Crippen molar-refractivity contribution in [3.63, 3.8) is 0 Å². The predicted molar refractivity (Wildman–Crippen MR) is 128 cm³/mol. The fraction of sp³-hybridized carbons (Fsp3) is 0.417. The molecule has 3 aromatic heterocycles.